The minimum absolute atomic E-state index is 0.167. The normalized spacial score (nSPS) is 20.7. The molecule has 0 aliphatic heterocycles. The molecule has 6 nitrogen and oxygen atoms in total. The fourth-order valence-corrected chi connectivity index (χ4v) is 2.77. The molecule has 0 saturated heterocycles. The van der Waals surface area contributed by atoms with E-state index in [0.29, 0.717) is 11.4 Å². The Hall–Kier alpha value is -2.11. The number of esters is 1. The molecule has 0 N–H and O–H groups in total. The van der Waals surface area contributed by atoms with Gasteiger partial charge in [-0.2, -0.15) is 0 Å². The molecule has 0 spiro atoms. The van der Waals surface area contributed by atoms with Crippen molar-refractivity contribution in [3.63, 3.8) is 0 Å². The van der Waals surface area contributed by atoms with E-state index < -0.39 is 5.97 Å². The van der Waals surface area contributed by atoms with E-state index in [1.165, 1.54) is 13.3 Å². The van der Waals surface area contributed by atoms with E-state index in [0.717, 1.165) is 31.6 Å². The standard InChI is InChI=1S/C17H24N2O4/c1-12-4-7-14(8-5-12)19(2)16(20)11-23-17(21)13-6-9-15(22-3)18-10-13/h6,9-10,12,14H,4-5,7-8,11H2,1-3H3. The molecule has 1 fully saturated rings. The zero-order valence-electron chi connectivity index (χ0n) is 13.9. The van der Waals surface area contributed by atoms with Crippen LogP contribution >= 0.6 is 0 Å². The second-order valence-corrected chi connectivity index (χ2v) is 6.08. The molecule has 126 valence electrons. The van der Waals surface area contributed by atoms with E-state index in [9.17, 15) is 9.59 Å². The Morgan fingerprint density at radius 3 is 2.52 bits per heavy atom. The Bertz CT molecular complexity index is 536. The number of hydrogen-bond acceptors (Lipinski definition) is 5. The van der Waals surface area contributed by atoms with Crippen molar-refractivity contribution in [2.75, 3.05) is 20.8 Å². The lowest BCUT2D eigenvalue weighted by Gasteiger charge is -2.33. The topological polar surface area (TPSA) is 68.7 Å². The van der Waals surface area contributed by atoms with Gasteiger partial charge in [0.2, 0.25) is 5.88 Å². The fraction of sp³-hybridized carbons (Fsp3) is 0.588. The number of likely N-dealkylation sites (N-methyl/N-ethyl adjacent to an activating group) is 1. The van der Waals surface area contributed by atoms with Crippen LogP contribution in [0, 0.1) is 5.92 Å². The first-order valence-corrected chi connectivity index (χ1v) is 7.94. The maximum absolute atomic E-state index is 12.2. The molecule has 6 heteroatoms. The van der Waals surface area contributed by atoms with Gasteiger partial charge in [-0.05, 0) is 37.7 Å². The molecule has 0 bridgehead atoms. The van der Waals surface area contributed by atoms with Crippen LogP contribution in [0.3, 0.4) is 0 Å². The maximum atomic E-state index is 12.2. The van der Waals surface area contributed by atoms with Crippen molar-refractivity contribution in [1.29, 1.82) is 0 Å². The zero-order chi connectivity index (χ0) is 16.8. The highest BCUT2D eigenvalue weighted by Crippen LogP contribution is 2.26. The molecule has 23 heavy (non-hydrogen) atoms. The second kappa shape index (κ2) is 7.94. The summed E-state index contributed by atoms with van der Waals surface area (Å²) in [6.07, 6.45) is 5.68. The number of hydrogen-bond donors (Lipinski definition) is 0. The van der Waals surface area contributed by atoms with Gasteiger partial charge in [0.05, 0.1) is 12.7 Å². The predicted octanol–water partition coefficient (Wildman–Crippen LogP) is 2.28. The molecule has 0 atom stereocenters. The van der Waals surface area contributed by atoms with Gasteiger partial charge in [-0.1, -0.05) is 6.92 Å². The summed E-state index contributed by atoms with van der Waals surface area (Å²) >= 11 is 0. The average Bonchev–Trinajstić information content (AvgIpc) is 2.59. The van der Waals surface area contributed by atoms with Crippen molar-refractivity contribution in [3.8, 4) is 5.88 Å². The molecule has 1 aromatic heterocycles. The number of nitrogens with zero attached hydrogens (tertiary/aromatic N) is 2. The van der Waals surface area contributed by atoms with Gasteiger partial charge >= 0.3 is 5.97 Å². The number of amides is 1. The summed E-state index contributed by atoms with van der Waals surface area (Å²) in [4.78, 5) is 29.7. The Morgan fingerprint density at radius 1 is 1.26 bits per heavy atom. The second-order valence-electron chi connectivity index (χ2n) is 6.08. The van der Waals surface area contributed by atoms with Gasteiger partial charge in [0, 0.05) is 25.4 Å². The minimum atomic E-state index is -0.556. The third-order valence-corrected chi connectivity index (χ3v) is 4.43. The number of aromatic nitrogens is 1. The average molecular weight is 320 g/mol. The van der Waals surface area contributed by atoms with Crippen molar-refractivity contribution in [2.45, 2.75) is 38.6 Å². The number of ether oxygens (including phenoxy) is 2. The number of rotatable bonds is 5. The third kappa shape index (κ3) is 4.68. The molecule has 1 saturated carbocycles. The summed E-state index contributed by atoms with van der Waals surface area (Å²) < 4.78 is 10.0. The number of pyridine rings is 1. The van der Waals surface area contributed by atoms with Crippen LogP contribution in [-0.4, -0.2) is 48.6 Å². The van der Waals surface area contributed by atoms with Gasteiger partial charge < -0.3 is 14.4 Å². The first-order chi connectivity index (χ1) is 11.0. The van der Waals surface area contributed by atoms with Gasteiger partial charge in [-0.25, -0.2) is 9.78 Å². The first kappa shape index (κ1) is 17.2. The van der Waals surface area contributed by atoms with Crippen LogP contribution in [0.2, 0.25) is 0 Å². The van der Waals surface area contributed by atoms with Crippen molar-refractivity contribution in [1.82, 2.24) is 9.88 Å². The summed E-state index contributed by atoms with van der Waals surface area (Å²) in [5.41, 5.74) is 0.299. The molecular formula is C17H24N2O4. The molecule has 2 rings (SSSR count). The van der Waals surface area contributed by atoms with Crippen molar-refractivity contribution < 1.29 is 19.1 Å². The molecule has 1 amide bonds. The number of methoxy groups -OCH3 is 1. The fourth-order valence-electron chi connectivity index (χ4n) is 2.77. The SMILES string of the molecule is COc1ccc(C(=O)OCC(=O)N(C)C2CCC(C)CC2)cn1. The molecule has 0 aromatic carbocycles. The molecule has 1 aliphatic carbocycles. The van der Waals surface area contributed by atoms with Crippen molar-refractivity contribution >= 4 is 11.9 Å². The molecule has 1 heterocycles. The maximum Gasteiger partial charge on any atom is 0.340 e. The third-order valence-electron chi connectivity index (χ3n) is 4.43. The van der Waals surface area contributed by atoms with Gasteiger partial charge in [-0.15, -0.1) is 0 Å². The van der Waals surface area contributed by atoms with Gasteiger partial charge in [0.1, 0.15) is 0 Å². The van der Waals surface area contributed by atoms with Crippen molar-refractivity contribution in [3.05, 3.63) is 23.9 Å². The quantitative estimate of drug-likeness (QED) is 0.779. The van der Waals surface area contributed by atoms with Crippen LogP contribution in [0.25, 0.3) is 0 Å². The highest BCUT2D eigenvalue weighted by atomic mass is 16.5. The van der Waals surface area contributed by atoms with E-state index in [1.807, 2.05) is 0 Å². The van der Waals surface area contributed by atoms with E-state index in [-0.39, 0.29) is 18.6 Å². The van der Waals surface area contributed by atoms with E-state index in [1.54, 1.807) is 24.1 Å². The molecule has 1 aliphatic rings. The Kier molecular flexibility index (Phi) is 5.96. The van der Waals surface area contributed by atoms with E-state index in [4.69, 9.17) is 9.47 Å². The zero-order valence-corrected chi connectivity index (χ0v) is 13.9. The Morgan fingerprint density at radius 2 is 1.96 bits per heavy atom. The predicted molar refractivity (Wildman–Crippen MR) is 85.3 cm³/mol. The minimum Gasteiger partial charge on any atom is -0.481 e. The highest BCUT2D eigenvalue weighted by Gasteiger charge is 2.25. The summed E-state index contributed by atoms with van der Waals surface area (Å²) in [7, 11) is 3.28. The Labute approximate surface area is 136 Å². The number of carbonyl (C=O) groups excluding carboxylic acids is 2. The van der Waals surface area contributed by atoms with Crippen molar-refractivity contribution in [2.24, 2.45) is 5.92 Å². The van der Waals surface area contributed by atoms with Crippen LogP contribution in [0.1, 0.15) is 43.0 Å². The van der Waals surface area contributed by atoms with Crippen LogP contribution in [0.4, 0.5) is 0 Å². The first-order valence-electron chi connectivity index (χ1n) is 7.94. The number of carbonyl (C=O) groups is 2. The monoisotopic (exact) mass is 320 g/mol. The van der Waals surface area contributed by atoms with Crippen LogP contribution in [0.5, 0.6) is 5.88 Å². The molecule has 1 aromatic rings. The summed E-state index contributed by atoms with van der Waals surface area (Å²) in [5.74, 6) is 0.428. The highest BCUT2D eigenvalue weighted by molar-refractivity contribution is 5.91. The van der Waals surface area contributed by atoms with Crippen LogP contribution in [-0.2, 0) is 9.53 Å². The molecule has 0 unspecified atom stereocenters. The smallest absolute Gasteiger partial charge is 0.340 e. The lowest BCUT2D eigenvalue weighted by atomic mass is 9.87. The van der Waals surface area contributed by atoms with Gasteiger partial charge in [-0.3, -0.25) is 4.79 Å². The molecular weight excluding hydrogens is 296 g/mol. The van der Waals surface area contributed by atoms with Crippen LogP contribution < -0.4 is 4.74 Å². The Balaban J connectivity index is 1.81. The van der Waals surface area contributed by atoms with E-state index >= 15 is 0 Å². The lowest BCUT2D eigenvalue weighted by molar-refractivity contribution is -0.136. The largest absolute Gasteiger partial charge is 0.481 e. The molecule has 0 radical (unpaired) electrons. The van der Waals surface area contributed by atoms with Gasteiger partial charge in [0.25, 0.3) is 5.91 Å². The summed E-state index contributed by atoms with van der Waals surface area (Å²) in [6, 6.07) is 3.39. The van der Waals surface area contributed by atoms with E-state index in [2.05, 4.69) is 11.9 Å². The summed E-state index contributed by atoms with van der Waals surface area (Å²) in [6.45, 7) is 2.00. The summed E-state index contributed by atoms with van der Waals surface area (Å²) in [5, 5.41) is 0. The van der Waals surface area contributed by atoms with Gasteiger partial charge in [0.15, 0.2) is 6.61 Å². The lowest BCUT2D eigenvalue weighted by Crippen LogP contribution is -2.41. The van der Waals surface area contributed by atoms with Crippen LogP contribution in [0.15, 0.2) is 18.3 Å².